The Balaban J connectivity index is 0.000000285. The van der Waals surface area contributed by atoms with Gasteiger partial charge in [0.2, 0.25) is 16.2 Å². The molecule has 284 valence electrons. The molecule has 0 fully saturated rings. The fourth-order valence-corrected chi connectivity index (χ4v) is 4.56. The van der Waals surface area contributed by atoms with Crippen LogP contribution in [0, 0.1) is 16.2 Å². The quantitative estimate of drug-likeness (QED) is 0.0490. The minimum atomic E-state index is -10.7. The molecule has 0 atom stereocenters. The van der Waals surface area contributed by atoms with E-state index in [-0.39, 0.29) is 65.9 Å². The van der Waals surface area contributed by atoms with Gasteiger partial charge in [-0.3, -0.25) is 14.4 Å². The second-order valence-electron chi connectivity index (χ2n) is 10.2. The van der Waals surface area contributed by atoms with Crippen molar-refractivity contribution in [2.45, 2.75) is 0 Å². The molecular weight excluding hydrogens is 833 g/mol. The minimum absolute atomic E-state index is 0.00174. The van der Waals surface area contributed by atoms with Gasteiger partial charge in [0.25, 0.3) is 0 Å². The number of hydrogen-bond donors (Lipinski definition) is 0. The van der Waals surface area contributed by atoms with Crippen LogP contribution < -0.4 is 16.3 Å². The molecule has 0 aliphatic heterocycles. The third kappa shape index (κ3) is 11.9. The second-order valence-corrected chi connectivity index (χ2v) is 15.9. The van der Waals surface area contributed by atoms with Gasteiger partial charge in [-0.25, -0.2) is 0 Å². The van der Waals surface area contributed by atoms with Crippen LogP contribution in [0.1, 0.15) is 0 Å². The summed E-state index contributed by atoms with van der Waals surface area (Å²) < 4.78 is 179. The Bertz CT molecular complexity index is 2360. The average Bonchev–Trinajstić information content (AvgIpc) is 2.89. The van der Waals surface area contributed by atoms with Gasteiger partial charge in [0.1, 0.15) is 0 Å². The van der Waals surface area contributed by atoms with E-state index in [1.165, 1.54) is 36.4 Å². The summed E-state index contributed by atoms with van der Waals surface area (Å²) in [6.45, 7) is 0. The fourth-order valence-electron chi connectivity index (χ4n) is 4.56. The molecule has 0 saturated carbocycles. The van der Waals surface area contributed by atoms with Crippen molar-refractivity contribution in [1.29, 1.82) is 16.2 Å². The van der Waals surface area contributed by atoms with Gasteiger partial charge in [-0.15, -0.1) is 0 Å². The second kappa shape index (κ2) is 9.79. The summed E-state index contributed by atoms with van der Waals surface area (Å²) in [4.78, 5) is 49.4. The van der Waals surface area contributed by atoms with Crippen LogP contribution in [0.4, 0.5) is 92.6 Å². The molecule has 0 saturated heterocycles. The van der Waals surface area contributed by atoms with Gasteiger partial charge in [0, 0.05) is 36.4 Å². The summed E-state index contributed by atoms with van der Waals surface area (Å²) in [7, 11) is -32.0. The Morgan fingerprint density at radius 3 is 0.615 bits per heavy atom. The first-order valence-electron chi connectivity index (χ1n) is 12.1. The van der Waals surface area contributed by atoms with Gasteiger partial charge in [-0.1, -0.05) is 0 Å². The first-order valence-corrected chi connectivity index (χ1v) is 18.1. The standard InChI is InChI=1S/C21H6N7O3.3F6P/c22-25-7-1-10-16-11(2-7)20(30)14-5-9(27-24)6-15-18(14)28(16)17-12(19(10)29)3-8(26-23)4-13(17)21(15)31;3*1-7(2,3,4,5)6/h1-6H;;;/q+3;3*-1. The number of halogens is 18. The monoisotopic (exact) mass is 839 g/mol. The van der Waals surface area contributed by atoms with Crippen molar-refractivity contribution in [3.63, 3.8) is 0 Å². The Morgan fingerprint density at radius 2 is 0.500 bits per heavy atom. The topological polar surface area (TPSA) is 140 Å². The molecule has 3 aromatic carbocycles. The van der Waals surface area contributed by atoms with E-state index in [2.05, 4.69) is 14.9 Å². The molecule has 0 amide bonds. The largest absolute Gasteiger partial charge is 0.386 e. The molecule has 10 nitrogen and oxygen atoms in total. The molecule has 31 heteroatoms. The number of hydrogen-bond acceptors (Lipinski definition) is 6. The Morgan fingerprint density at radius 1 is 0.365 bits per heavy atom. The van der Waals surface area contributed by atoms with Crippen molar-refractivity contribution in [2.75, 3.05) is 0 Å². The maximum Gasteiger partial charge on any atom is 0.386 e. The summed E-state index contributed by atoms with van der Waals surface area (Å²) in [5.74, 6) is 0. The molecule has 3 aromatic heterocycles. The van der Waals surface area contributed by atoms with Gasteiger partial charge in [0.15, 0.2) is 31.2 Å². The van der Waals surface area contributed by atoms with Gasteiger partial charge in [0.05, 0.1) is 48.9 Å². The van der Waals surface area contributed by atoms with Crippen molar-refractivity contribution < 1.29 is 75.5 Å². The normalized spacial score (nSPS) is 16.2. The van der Waals surface area contributed by atoms with Crippen LogP contribution in [0.2, 0.25) is 0 Å². The zero-order chi connectivity index (χ0) is 40.8. The fraction of sp³-hybridized carbons (Fsp3) is 0. The maximum absolute atomic E-state index is 13.3. The van der Waals surface area contributed by atoms with Crippen LogP contribution in [0.15, 0.2) is 50.8 Å². The first-order chi connectivity index (χ1) is 22.3. The van der Waals surface area contributed by atoms with Gasteiger partial charge in [-0.2, -0.15) is 0 Å². The molecule has 6 aromatic rings. The molecule has 0 bridgehead atoms. The van der Waals surface area contributed by atoms with E-state index in [0.29, 0.717) is 0 Å². The number of diazo groups is 3. The summed E-state index contributed by atoms with van der Waals surface area (Å²) in [5.41, 5.74) is -0.678. The molecule has 0 aliphatic rings. The predicted octanol–water partition coefficient (Wildman–Crippen LogP) is 14.5. The number of nitrogens with zero attached hydrogens (tertiary/aromatic N) is 7. The number of rotatable bonds is 0. The smallest absolute Gasteiger partial charge is 0.306 e. The number of pyridine rings is 3. The Hall–Kier alpha value is -5.24. The van der Waals surface area contributed by atoms with E-state index in [4.69, 9.17) is 0 Å². The number of aromatic nitrogens is 1. The first kappa shape index (κ1) is 41.2. The predicted molar refractivity (Wildman–Crippen MR) is 155 cm³/mol. The minimum Gasteiger partial charge on any atom is -0.306 e. The third-order valence-electron chi connectivity index (χ3n) is 5.77. The summed E-state index contributed by atoms with van der Waals surface area (Å²) in [5, 5.41) is 28.6. The molecule has 52 heavy (non-hydrogen) atoms. The average molecular weight is 839 g/mol. The van der Waals surface area contributed by atoms with Crippen molar-refractivity contribution in [3.05, 3.63) is 82.0 Å². The van der Waals surface area contributed by atoms with E-state index in [0.717, 1.165) is 0 Å². The van der Waals surface area contributed by atoms with Gasteiger partial charge >= 0.3 is 116 Å². The van der Waals surface area contributed by atoms with Crippen LogP contribution in [0.25, 0.3) is 63.8 Å². The SMILES string of the molecule is F[P-](F)(F)(F)(F)F.F[P-](F)(F)(F)(F)F.F[P-](F)(F)(F)(F)F.N#[N+]c1cc2c(=O)c3cc([N+]#N)cc4c(=O)c5cc([N+]#N)cc6c(=O)c(c1)c2n(c34)c65. The summed E-state index contributed by atoms with van der Waals surface area (Å²) >= 11 is 0. The zero-order valence-electron chi connectivity index (χ0n) is 23.5. The third-order valence-corrected chi connectivity index (χ3v) is 5.77. The molecule has 0 aliphatic carbocycles. The van der Waals surface area contributed by atoms with Crippen LogP contribution in [-0.2, 0) is 0 Å². The Kier molecular flexibility index (Phi) is 7.76. The van der Waals surface area contributed by atoms with E-state index in [1.807, 2.05) is 0 Å². The van der Waals surface area contributed by atoms with Crippen LogP contribution in [0.5, 0.6) is 0 Å². The van der Waals surface area contributed by atoms with Crippen LogP contribution in [0.3, 0.4) is 0 Å². The van der Waals surface area contributed by atoms with E-state index >= 15 is 0 Å². The van der Waals surface area contributed by atoms with Crippen molar-refractivity contribution >= 4 is 89.4 Å². The molecule has 0 radical (unpaired) electrons. The Labute approximate surface area is 268 Å². The van der Waals surface area contributed by atoms with Crippen LogP contribution >= 0.6 is 23.4 Å². The molecule has 3 heterocycles. The summed E-state index contributed by atoms with van der Waals surface area (Å²) in [6, 6.07) is 8.07. The zero-order valence-corrected chi connectivity index (χ0v) is 26.1. The maximum atomic E-state index is 13.3. The van der Waals surface area contributed by atoms with Crippen molar-refractivity contribution in [2.24, 2.45) is 0 Å². The van der Waals surface area contributed by atoms with Crippen molar-refractivity contribution in [3.8, 4) is 0 Å². The van der Waals surface area contributed by atoms with Crippen molar-refractivity contribution in [1.82, 2.24) is 4.40 Å². The van der Waals surface area contributed by atoms with Gasteiger partial charge in [-0.05, 0) is 0 Å². The van der Waals surface area contributed by atoms with E-state index in [9.17, 15) is 106 Å². The molecular formula is C21H6F18N7O3P3. The molecule has 0 unspecified atom stereocenters. The molecule has 6 rings (SSSR count). The van der Waals surface area contributed by atoms with E-state index in [1.54, 1.807) is 4.40 Å². The molecule has 0 spiro atoms. The number of benzene rings is 3. The molecule has 0 N–H and O–H groups in total. The summed E-state index contributed by atoms with van der Waals surface area (Å²) in [6.07, 6.45) is 0. The van der Waals surface area contributed by atoms with Gasteiger partial charge < -0.3 is 4.40 Å². The van der Waals surface area contributed by atoms with Crippen LogP contribution in [-0.4, -0.2) is 4.40 Å². The van der Waals surface area contributed by atoms with E-state index < -0.39 is 39.7 Å².